The molecule has 104 valence electrons. The summed E-state index contributed by atoms with van der Waals surface area (Å²) >= 11 is 0. The van der Waals surface area contributed by atoms with Crippen LogP contribution in [0.15, 0.2) is 24.8 Å². The van der Waals surface area contributed by atoms with Crippen molar-refractivity contribution in [3.05, 3.63) is 24.8 Å². The fourth-order valence-electron chi connectivity index (χ4n) is 0.904. The Hall–Kier alpha value is -1.62. The van der Waals surface area contributed by atoms with E-state index in [1.54, 1.807) is 0 Å². The number of nitrogens with one attached hydrogen (secondary N) is 1. The second-order valence-electron chi connectivity index (χ2n) is 3.81. The summed E-state index contributed by atoms with van der Waals surface area (Å²) in [7, 11) is 0. The van der Waals surface area contributed by atoms with Crippen LogP contribution in [0.25, 0.3) is 0 Å². The predicted molar refractivity (Wildman–Crippen MR) is 71.2 cm³/mol. The summed E-state index contributed by atoms with van der Waals surface area (Å²) in [6, 6.07) is 0. The van der Waals surface area contributed by atoms with Gasteiger partial charge in [-0.2, -0.15) is 0 Å². The van der Waals surface area contributed by atoms with Crippen molar-refractivity contribution < 1.29 is 19.8 Å². The first-order valence-corrected chi connectivity index (χ1v) is 5.84. The minimum Gasteiger partial charge on any atom is -0.478 e. The Morgan fingerprint density at radius 1 is 1.44 bits per heavy atom. The third-order valence-electron chi connectivity index (χ3n) is 1.86. The first-order valence-electron chi connectivity index (χ1n) is 5.84. The number of hydrogen-bond donors (Lipinski definition) is 3. The number of aliphatic hydroxyl groups is 1. The van der Waals surface area contributed by atoms with Gasteiger partial charge in [0.05, 0.1) is 6.10 Å². The van der Waals surface area contributed by atoms with Gasteiger partial charge < -0.3 is 15.5 Å². The van der Waals surface area contributed by atoms with E-state index in [-0.39, 0.29) is 17.9 Å². The van der Waals surface area contributed by atoms with Crippen LogP contribution >= 0.6 is 0 Å². The highest BCUT2D eigenvalue weighted by molar-refractivity contribution is 5.86. The van der Waals surface area contributed by atoms with E-state index in [0.29, 0.717) is 0 Å². The minimum absolute atomic E-state index is 0.0463. The zero-order chi connectivity index (χ0) is 14.6. The van der Waals surface area contributed by atoms with Crippen LogP contribution in [-0.2, 0) is 9.59 Å². The van der Waals surface area contributed by atoms with E-state index in [4.69, 9.17) is 10.2 Å². The van der Waals surface area contributed by atoms with Crippen molar-refractivity contribution in [2.24, 2.45) is 0 Å². The van der Waals surface area contributed by atoms with Crippen LogP contribution in [0.3, 0.4) is 0 Å². The topological polar surface area (TPSA) is 86.6 Å². The van der Waals surface area contributed by atoms with Crippen LogP contribution in [0, 0.1) is 0 Å². The molecule has 0 aromatic carbocycles. The number of carbonyl (C=O) groups is 2. The lowest BCUT2D eigenvalue weighted by molar-refractivity contribution is -0.133. The maximum absolute atomic E-state index is 10.5. The molecule has 0 rings (SSSR count). The van der Waals surface area contributed by atoms with E-state index < -0.39 is 12.1 Å². The van der Waals surface area contributed by atoms with Gasteiger partial charge in [-0.1, -0.05) is 26.5 Å². The Morgan fingerprint density at radius 2 is 2.00 bits per heavy atom. The van der Waals surface area contributed by atoms with Crippen molar-refractivity contribution in [3.63, 3.8) is 0 Å². The van der Waals surface area contributed by atoms with Gasteiger partial charge in [0.25, 0.3) is 0 Å². The number of carboxylic acids is 1. The van der Waals surface area contributed by atoms with E-state index >= 15 is 0 Å². The van der Waals surface area contributed by atoms with Crippen LogP contribution in [-0.4, -0.2) is 34.7 Å². The van der Waals surface area contributed by atoms with Gasteiger partial charge in [-0.05, 0) is 19.4 Å². The number of rotatable bonds is 7. The number of aliphatic carboxylic acids is 1. The number of amides is 1. The summed E-state index contributed by atoms with van der Waals surface area (Å²) in [5.41, 5.74) is 0.0463. The third-order valence-corrected chi connectivity index (χ3v) is 1.86. The molecule has 0 fully saturated rings. The molecule has 0 bridgehead atoms. The molecule has 0 aliphatic heterocycles. The summed E-state index contributed by atoms with van der Waals surface area (Å²) in [6.07, 6.45) is 2.95. The molecular formula is C13H23NO4. The van der Waals surface area contributed by atoms with Gasteiger partial charge in [-0.15, -0.1) is 0 Å². The molecule has 5 heteroatoms. The number of carboxylic acid groups (broad SMARTS) is 1. The fraction of sp³-hybridized carbons (Fsp3) is 0.538. The van der Waals surface area contributed by atoms with Gasteiger partial charge >= 0.3 is 5.97 Å². The van der Waals surface area contributed by atoms with Crippen LogP contribution in [0.5, 0.6) is 0 Å². The second-order valence-corrected chi connectivity index (χ2v) is 3.81. The van der Waals surface area contributed by atoms with Gasteiger partial charge in [0.15, 0.2) is 0 Å². The molecule has 0 radical (unpaired) electrons. The summed E-state index contributed by atoms with van der Waals surface area (Å²) in [5, 5.41) is 19.5. The van der Waals surface area contributed by atoms with Crippen LogP contribution in [0.1, 0.15) is 33.1 Å². The Balaban J connectivity index is 0. The van der Waals surface area contributed by atoms with Crippen molar-refractivity contribution in [1.29, 1.82) is 0 Å². The molecule has 18 heavy (non-hydrogen) atoms. The SMILES string of the molecule is C=C(CC(C)O)C(=O)O.C=CC(=O)NCCCC. The van der Waals surface area contributed by atoms with Gasteiger partial charge in [-0.25, -0.2) is 4.79 Å². The molecule has 0 saturated heterocycles. The lowest BCUT2D eigenvalue weighted by atomic mass is 10.1. The number of aliphatic hydroxyl groups excluding tert-OH is 1. The monoisotopic (exact) mass is 257 g/mol. The highest BCUT2D eigenvalue weighted by atomic mass is 16.4. The van der Waals surface area contributed by atoms with E-state index in [0.717, 1.165) is 19.4 Å². The van der Waals surface area contributed by atoms with Gasteiger partial charge in [0.1, 0.15) is 0 Å². The number of hydrogen-bond acceptors (Lipinski definition) is 3. The summed E-state index contributed by atoms with van der Waals surface area (Å²) < 4.78 is 0. The zero-order valence-corrected chi connectivity index (χ0v) is 11.1. The van der Waals surface area contributed by atoms with E-state index in [1.165, 1.54) is 13.0 Å². The smallest absolute Gasteiger partial charge is 0.331 e. The highest BCUT2D eigenvalue weighted by Gasteiger charge is 2.05. The first kappa shape index (κ1) is 18.7. The molecule has 0 saturated carbocycles. The average Bonchev–Trinajstić information content (AvgIpc) is 2.29. The van der Waals surface area contributed by atoms with Crippen molar-refractivity contribution in [1.82, 2.24) is 5.32 Å². The molecule has 0 spiro atoms. The molecule has 0 aliphatic carbocycles. The van der Waals surface area contributed by atoms with Crippen molar-refractivity contribution in [2.45, 2.75) is 39.2 Å². The normalized spacial score (nSPS) is 10.6. The first-order chi connectivity index (χ1) is 8.34. The molecule has 1 unspecified atom stereocenters. The molecule has 1 amide bonds. The van der Waals surface area contributed by atoms with Crippen molar-refractivity contribution in [2.75, 3.05) is 6.54 Å². The van der Waals surface area contributed by atoms with Gasteiger partial charge in [0, 0.05) is 18.5 Å². The third kappa shape index (κ3) is 14.4. The second kappa shape index (κ2) is 11.9. The van der Waals surface area contributed by atoms with Gasteiger partial charge in [0.2, 0.25) is 5.91 Å². The Bertz CT molecular complexity index is 285. The summed E-state index contributed by atoms with van der Waals surface area (Å²) in [4.78, 5) is 20.5. The Morgan fingerprint density at radius 3 is 2.28 bits per heavy atom. The lowest BCUT2D eigenvalue weighted by Crippen LogP contribution is -2.21. The van der Waals surface area contributed by atoms with Crippen LogP contribution in [0.2, 0.25) is 0 Å². The molecule has 1 atom stereocenters. The maximum Gasteiger partial charge on any atom is 0.331 e. The zero-order valence-electron chi connectivity index (χ0n) is 11.1. The lowest BCUT2D eigenvalue weighted by Gasteiger charge is -2.01. The summed E-state index contributed by atoms with van der Waals surface area (Å²) in [6.45, 7) is 10.9. The summed E-state index contributed by atoms with van der Waals surface area (Å²) in [5.74, 6) is -1.13. The predicted octanol–water partition coefficient (Wildman–Crippen LogP) is 1.49. The minimum atomic E-state index is -1.05. The van der Waals surface area contributed by atoms with Crippen molar-refractivity contribution in [3.8, 4) is 0 Å². The number of unbranched alkanes of at least 4 members (excludes halogenated alkanes) is 1. The van der Waals surface area contributed by atoms with E-state index in [2.05, 4.69) is 25.4 Å². The molecule has 0 aliphatic rings. The Labute approximate surface area is 108 Å². The molecule has 0 heterocycles. The largest absolute Gasteiger partial charge is 0.478 e. The maximum atomic E-state index is 10.5. The molecule has 0 aromatic rings. The highest BCUT2D eigenvalue weighted by Crippen LogP contribution is 2.01. The van der Waals surface area contributed by atoms with E-state index in [9.17, 15) is 9.59 Å². The quantitative estimate of drug-likeness (QED) is 0.476. The van der Waals surface area contributed by atoms with E-state index in [1.807, 2.05) is 0 Å². The molecule has 5 nitrogen and oxygen atoms in total. The average molecular weight is 257 g/mol. The Kier molecular flexibility index (Phi) is 12.3. The van der Waals surface area contributed by atoms with Gasteiger partial charge in [-0.3, -0.25) is 4.79 Å². The fourth-order valence-corrected chi connectivity index (χ4v) is 0.904. The number of carbonyl (C=O) groups excluding carboxylic acids is 1. The molecule has 0 aromatic heterocycles. The van der Waals surface area contributed by atoms with Crippen molar-refractivity contribution >= 4 is 11.9 Å². The molecular weight excluding hydrogens is 234 g/mol. The van der Waals surface area contributed by atoms with Crippen LogP contribution < -0.4 is 5.32 Å². The standard InChI is InChI=1S/C7H13NO.C6H10O3/c1-3-5-6-8-7(9)4-2;1-4(6(8)9)3-5(2)7/h4H,2-3,5-6H2,1H3,(H,8,9);5,7H,1,3H2,2H3,(H,8,9). The van der Waals surface area contributed by atoms with Crippen LogP contribution in [0.4, 0.5) is 0 Å². The molecule has 3 N–H and O–H groups in total.